The van der Waals surface area contributed by atoms with Gasteiger partial charge in [-0.25, -0.2) is 4.79 Å². The van der Waals surface area contributed by atoms with Crippen LogP contribution in [0.25, 0.3) is 0 Å². The fourth-order valence-corrected chi connectivity index (χ4v) is 1.38. The highest BCUT2D eigenvalue weighted by Crippen LogP contribution is 2.10. The van der Waals surface area contributed by atoms with Crippen LogP contribution in [0.3, 0.4) is 0 Å². The molecule has 8 nitrogen and oxygen atoms in total. The van der Waals surface area contributed by atoms with Crippen LogP contribution in [0.4, 0.5) is 11.5 Å². The average Bonchev–Trinajstić information content (AvgIpc) is 2.20. The van der Waals surface area contributed by atoms with Gasteiger partial charge in [0.2, 0.25) is 5.91 Å². The lowest BCUT2D eigenvalue weighted by atomic mass is 10.2. The molecule has 1 aromatic heterocycles. The molecule has 0 saturated heterocycles. The van der Waals surface area contributed by atoms with Crippen molar-refractivity contribution < 1.29 is 4.79 Å². The molecule has 0 saturated carbocycles. The molecule has 6 N–H and O–H groups in total. The Morgan fingerprint density at radius 3 is 2.65 bits per heavy atom. The van der Waals surface area contributed by atoms with Crippen LogP contribution in [-0.4, -0.2) is 21.5 Å². The topological polar surface area (TPSA) is 136 Å². The van der Waals surface area contributed by atoms with Crippen LogP contribution in [0.5, 0.6) is 0 Å². The van der Waals surface area contributed by atoms with Crippen molar-refractivity contribution in [1.82, 2.24) is 9.55 Å². The number of nitrogens with zero attached hydrogens (tertiary/aromatic N) is 1. The maximum atomic E-state index is 11.5. The smallest absolute Gasteiger partial charge is 0.329 e. The lowest BCUT2D eigenvalue weighted by molar-refractivity contribution is -0.118. The zero-order valence-electron chi connectivity index (χ0n) is 9.61. The van der Waals surface area contributed by atoms with Crippen molar-refractivity contribution in [1.29, 1.82) is 0 Å². The summed E-state index contributed by atoms with van der Waals surface area (Å²) in [5.41, 5.74) is 9.49. The van der Waals surface area contributed by atoms with Crippen molar-refractivity contribution >= 4 is 17.4 Å². The minimum absolute atomic E-state index is 0.00932. The molecule has 1 aromatic rings. The number of amides is 1. The summed E-state index contributed by atoms with van der Waals surface area (Å²) in [6.45, 7) is 1.68. The molecule has 1 unspecified atom stereocenters. The van der Waals surface area contributed by atoms with Gasteiger partial charge in [-0.2, -0.15) is 0 Å². The second-order valence-electron chi connectivity index (χ2n) is 3.79. The molecule has 1 heterocycles. The van der Waals surface area contributed by atoms with E-state index in [1.54, 1.807) is 6.92 Å². The summed E-state index contributed by atoms with van der Waals surface area (Å²) < 4.78 is 1.10. The van der Waals surface area contributed by atoms with Crippen LogP contribution in [0.15, 0.2) is 9.59 Å². The molecule has 0 aliphatic carbocycles. The fraction of sp³-hybridized carbons (Fsp3) is 0.444. The maximum Gasteiger partial charge on any atom is 0.329 e. The first kappa shape index (κ1) is 12.8. The van der Waals surface area contributed by atoms with Crippen LogP contribution >= 0.6 is 0 Å². The third-order valence-corrected chi connectivity index (χ3v) is 2.27. The van der Waals surface area contributed by atoms with E-state index in [0.717, 1.165) is 4.57 Å². The van der Waals surface area contributed by atoms with E-state index in [4.69, 9.17) is 11.5 Å². The van der Waals surface area contributed by atoms with Gasteiger partial charge in [-0.05, 0) is 6.92 Å². The van der Waals surface area contributed by atoms with Crippen LogP contribution in [0, 0.1) is 0 Å². The summed E-state index contributed by atoms with van der Waals surface area (Å²) in [5, 5.41) is 2.75. The van der Waals surface area contributed by atoms with Gasteiger partial charge in [0.05, 0.1) is 0 Å². The summed E-state index contributed by atoms with van der Waals surface area (Å²) in [7, 11) is 1.43. The predicted octanol–water partition coefficient (Wildman–Crippen LogP) is -1.67. The SMILES string of the molecule is CC(CC(N)=O)Nc1c(N)n(C)c(=O)[nH]c1=O. The number of nitrogens with one attached hydrogen (secondary N) is 2. The molecule has 0 aromatic carbocycles. The molecule has 1 rings (SSSR count). The zero-order valence-corrected chi connectivity index (χ0v) is 9.61. The number of carbonyl (C=O) groups excluding carboxylic acids is 1. The van der Waals surface area contributed by atoms with Gasteiger partial charge < -0.3 is 16.8 Å². The molecular formula is C9H15N5O3. The highest BCUT2D eigenvalue weighted by Gasteiger charge is 2.13. The highest BCUT2D eigenvalue weighted by atomic mass is 16.2. The Hall–Kier alpha value is -2.25. The Bertz CT molecular complexity index is 545. The van der Waals surface area contributed by atoms with Gasteiger partial charge in [0.25, 0.3) is 5.56 Å². The number of nitrogen functional groups attached to an aromatic ring is 1. The molecular weight excluding hydrogens is 226 g/mol. The normalized spacial score (nSPS) is 12.1. The van der Waals surface area contributed by atoms with Crippen molar-refractivity contribution in [2.45, 2.75) is 19.4 Å². The quantitative estimate of drug-likeness (QED) is 0.499. The Balaban J connectivity index is 3.08. The van der Waals surface area contributed by atoms with E-state index in [1.807, 2.05) is 0 Å². The van der Waals surface area contributed by atoms with E-state index in [-0.39, 0.29) is 24.0 Å². The van der Waals surface area contributed by atoms with Crippen LogP contribution in [0.1, 0.15) is 13.3 Å². The van der Waals surface area contributed by atoms with E-state index in [0.29, 0.717) is 0 Å². The first-order valence-corrected chi connectivity index (χ1v) is 4.96. The molecule has 0 spiro atoms. The molecule has 1 atom stereocenters. The van der Waals surface area contributed by atoms with Gasteiger partial charge >= 0.3 is 5.69 Å². The second kappa shape index (κ2) is 4.73. The molecule has 0 bridgehead atoms. The summed E-state index contributed by atoms with van der Waals surface area (Å²) >= 11 is 0. The van der Waals surface area contributed by atoms with E-state index < -0.39 is 17.2 Å². The number of hydrogen-bond donors (Lipinski definition) is 4. The minimum atomic E-state index is -0.623. The number of aromatic nitrogens is 2. The van der Waals surface area contributed by atoms with Gasteiger partial charge in [-0.3, -0.25) is 19.1 Å². The average molecular weight is 241 g/mol. The lowest BCUT2D eigenvalue weighted by Gasteiger charge is -2.15. The largest absolute Gasteiger partial charge is 0.383 e. The van der Waals surface area contributed by atoms with Crippen LogP contribution < -0.4 is 28.0 Å². The van der Waals surface area contributed by atoms with Crippen molar-refractivity contribution in [2.24, 2.45) is 12.8 Å². The molecule has 1 amide bonds. The molecule has 0 radical (unpaired) electrons. The van der Waals surface area contributed by atoms with Crippen molar-refractivity contribution in [3.05, 3.63) is 20.8 Å². The van der Waals surface area contributed by atoms with Crippen molar-refractivity contribution in [3.8, 4) is 0 Å². The lowest BCUT2D eigenvalue weighted by Crippen LogP contribution is -2.35. The van der Waals surface area contributed by atoms with Gasteiger partial charge in [0, 0.05) is 19.5 Å². The first-order valence-electron chi connectivity index (χ1n) is 4.96. The standard InChI is InChI=1S/C9H15N5O3/c1-4(3-5(10)15)12-6-7(11)14(2)9(17)13-8(6)16/h4,12H,3,11H2,1-2H3,(H2,10,15)(H,13,16,17). The number of hydrogen-bond acceptors (Lipinski definition) is 5. The third-order valence-electron chi connectivity index (χ3n) is 2.27. The Kier molecular flexibility index (Phi) is 3.56. The summed E-state index contributed by atoms with van der Waals surface area (Å²) in [6, 6.07) is -0.353. The molecule has 17 heavy (non-hydrogen) atoms. The van der Waals surface area contributed by atoms with Crippen LogP contribution in [0.2, 0.25) is 0 Å². The van der Waals surface area contributed by atoms with Gasteiger partial charge in [-0.1, -0.05) is 0 Å². The number of rotatable bonds is 4. The number of H-pyrrole nitrogens is 1. The number of primary amides is 1. The van der Waals surface area contributed by atoms with Gasteiger partial charge in [-0.15, -0.1) is 0 Å². The van der Waals surface area contributed by atoms with Crippen molar-refractivity contribution in [2.75, 3.05) is 11.1 Å². The fourth-order valence-electron chi connectivity index (χ4n) is 1.38. The van der Waals surface area contributed by atoms with Gasteiger partial charge in [0.15, 0.2) is 0 Å². The Morgan fingerprint density at radius 1 is 1.53 bits per heavy atom. The first-order chi connectivity index (χ1) is 7.82. The number of aromatic amines is 1. The van der Waals surface area contributed by atoms with E-state index >= 15 is 0 Å². The third kappa shape index (κ3) is 2.86. The predicted molar refractivity (Wildman–Crippen MR) is 63.6 cm³/mol. The summed E-state index contributed by atoms with van der Waals surface area (Å²) in [6.07, 6.45) is 0.0573. The second-order valence-corrected chi connectivity index (χ2v) is 3.79. The minimum Gasteiger partial charge on any atom is -0.383 e. The summed E-state index contributed by atoms with van der Waals surface area (Å²) in [4.78, 5) is 35.5. The van der Waals surface area contributed by atoms with E-state index in [9.17, 15) is 14.4 Å². The van der Waals surface area contributed by atoms with Crippen LogP contribution in [-0.2, 0) is 11.8 Å². The molecule has 94 valence electrons. The monoisotopic (exact) mass is 241 g/mol. The maximum absolute atomic E-state index is 11.5. The number of anilines is 2. The highest BCUT2D eigenvalue weighted by molar-refractivity contribution is 5.75. The zero-order chi connectivity index (χ0) is 13.2. The summed E-state index contributed by atoms with van der Waals surface area (Å²) in [5.74, 6) is -0.486. The Labute approximate surface area is 96.6 Å². The molecule has 0 aliphatic rings. The molecule has 0 fully saturated rings. The van der Waals surface area contributed by atoms with Gasteiger partial charge in [0.1, 0.15) is 11.5 Å². The van der Waals surface area contributed by atoms with Crippen molar-refractivity contribution in [3.63, 3.8) is 0 Å². The molecule has 8 heteroatoms. The van der Waals surface area contributed by atoms with E-state index in [1.165, 1.54) is 7.05 Å². The number of carbonyl (C=O) groups is 1. The molecule has 0 aliphatic heterocycles. The Morgan fingerprint density at radius 2 is 2.12 bits per heavy atom. The van der Waals surface area contributed by atoms with E-state index in [2.05, 4.69) is 10.3 Å². The number of nitrogens with two attached hydrogens (primary N) is 2.